The normalized spacial score (nSPS) is 10.6. The number of carboxylic acid groups (broad SMARTS) is 1. The zero-order valence-electron chi connectivity index (χ0n) is 12.2. The number of rotatable bonds is 10. The van der Waals surface area contributed by atoms with Gasteiger partial charge in [0, 0.05) is 13.0 Å². The van der Waals surface area contributed by atoms with Crippen molar-refractivity contribution in [3.8, 4) is 11.5 Å². The van der Waals surface area contributed by atoms with Crippen LogP contribution in [-0.2, 0) is 4.79 Å². The van der Waals surface area contributed by atoms with Gasteiger partial charge in [-0.1, -0.05) is 12.1 Å². The maximum Gasteiger partial charge on any atom is 0.303 e. The van der Waals surface area contributed by atoms with Crippen molar-refractivity contribution < 1.29 is 19.4 Å². The summed E-state index contributed by atoms with van der Waals surface area (Å²) in [6.45, 7) is 4.60. The van der Waals surface area contributed by atoms with Crippen molar-refractivity contribution in [1.29, 1.82) is 0 Å². The van der Waals surface area contributed by atoms with Crippen molar-refractivity contribution >= 4 is 5.97 Å². The molecule has 0 aromatic heterocycles. The van der Waals surface area contributed by atoms with Crippen LogP contribution in [-0.4, -0.2) is 49.3 Å². The van der Waals surface area contributed by atoms with E-state index in [0.29, 0.717) is 19.6 Å². The molecule has 0 aliphatic rings. The number of ether oxygens (including phenoxy) is 2. The van der Waals surface area contributed by atoms with E-state index in [-0.39, 0.29) is 6.42 Å². The fourth-order valence-electron chi connectivity index (χ4n) is 1.77. The summed E-state index contributed by atoms with van der Waals surface area (Å²) >= 11 is 0. The molecule has 1 aromatic carbocycles. The summed E-state index contributed by atoms with van der Waals surface area (Å²) in [6.07, 6.45) is 0.861. The second-order valence-corrected chi connectivity index (χ2v) is 4.53. The van der Waals surface area contributed by atoms with E-state index in [1.54, 1.807) is 0 Å². The third kappa shape index (κ3) is 6.43. The minimum absolute atomic E-state index is 0.207. The van der Waals surface area contributed by atoms with Crippen molar-refractivity contribution in [2.24, 2.45) is 0 Å². The first-order valence-corrected chi connectivity index (χ1v) is 6.88. The number of hydrogen-bond acceptors (Lipinski definition) is 4. The molecule has 0 saturated heterocycles. The summed E-state index contributed by atoms with van der Waals surface area (Å²) in [7, 11) is 1.96. The summed E-state index contributed by atoms with van der Waals surface area (Å²) < 4.78 is 11.2. The Balaban J connectivity index is 2.28. The molecule has 0 saturated carbocycles. The van der Waals surface area contributed by atoms with E-state index in [9.17, 15) is 4.79 Å². The van der Waals surface area contributed by atoms with Crippen LogP contribution in [0, 0.1) is 0 Å². The highest BCUT2D eigenvalue weighted by Gasteiger charge is 2.05. The number of hydrogen-bond donors (Lipinski definition) is 1. The SMILES string of the molecule is CCOc1ccccc1OCCN(C)CCCC(=O)O. The van der Waals surface area contributed by atoms with Crippen molar-refractivity contribution in [1.82, 2.24) is 4.90 Å². The van der Waals surface area contributed by atoms with Crippen LogP contribution >= 0.6 is 0 Å². The molecule has 0 atom stereocenters. The molecule has 0 amide bonds. The Morgan fingerprint density at radius 1 is 1.20 bits per heavy atom. The highest BCUT2D eigenvalue weighted by atomic mass is 16.5. The van der Waals surface area contributed by atoms with Gasteiger partial charge in [0.2, 0.25) is 0 Å². The van der Waals surface area contributed by atoms with E-state index < -0.39 is 5.97 Å². The van der Waals surface area contributed by atoms with Gasteiger partial charge < -0.3 is 19.5 Å². The molecule has 5 nitrogen and oxygen atoms in total. The topological polar surface area (TPSA) is 59.0 Å². The number of carbonyl (C=O) groups is 1. The Kier molecular flexibility index (Phi) is 7.50. The molecule has 112 valence electrons. The van der Waals surface area contributed by atoms with Gasteiger partial charge in [0.1, 0.15) is 6.61 Å². The van der Waals surface area contributed by atoms with Crippen LogP contribution in [0.15, 0.2) is 24.3 Å². The maximum absolute atomic E-state index is 10.4. The van der Waals surface area contributed by atoms with Crippen LogP contribution in [0.3, 0.4) is 0 Å². The predicted molar refractivity (Wildman–Crippen MR) is 77.5 cm³/mol. The smallest absolute Gasteiger partial charge is 0.303 e. The Labute approximate surface area is 120 Å². The quantitative estimate of drug-likeness (QED) is 0.713. The number of aliphatic carboxylic acids is 1. The molecule has 20 heavy (non-hydrogen) atoms. The molecule has 0 heterocycles. The third-order valence-corrected chi connectivity index (χ3v) is 2.81. The molecular weight excluding hydrogens is 258 g/mol. The van der Waals surface area contributed by atoms with Crippen molar-refractivity contribution in [2.75, 3.05) is 33.4 Å². The van der Waals surface area contributed by atoms with Crippen LogP contribution in [0.5, 0.6) is 11.5 Å². The van der Waals surface area contributed by atoms with E-state index in [4.69, 9.17) is 14.6 Å². The van der Waals surface area contributed by atoms with Gasteiger partial charge in [0.05, 0.1) is 6.61 Å². The van der Waals surface area contributed by atoms with Gasteiger partial charge in [-0.05, 0) is 39.1 Å². The molecular formula is C15H23NO4. The average Bonchev–Trinajstić information content (AvgIpc) is 2.40. The van der Waals surface area contributed by atoms with Crippen LogP contribution < -0.4 is 9.47 Å². The lowest BCUT2D eigenvalue weighted by Crippen LogP contribution is -2.25. The zero-order chi connectivity index (χ0) is 14.8. The molecule has 0 aliphatic heterocycles. The fraction of sp³-hybridized carbons (Fsp3) is 0.533. The molecule has 0 bridgehead atoms. The third-order valence-electron chi connectivity index (χ3n) is 2.81. The lowest BCUT2D eigenvalue weighted by atomic mass is 10.3. The van der Waals surface area contributed by atoms with Gasteiger partial charge >= 0.3 is 5.97 Å². The number of para-hydroxylation sites is 2. The number of carboxylic acids is 1. The van der Waals surface area contributed by atoms with E-state index in [1.807, 2.05) is 38.2 Å². The van der Waals surface area contributed by atoms with Crippen LogP contribution in [0.25, 0.3) is 0 Å². The molecule has 0 fully saturated rings. The molecule has 1 aromatic rings. The molecule has 5 heteroatoms. The molecule has 0 unspecified atom stereocenters. The Morgan fingerprint density at radius 3 is 2.45 bits per heavy atom. The second kappa shape index (κ2) is 9.20. The zero-order valence-corrected chi connectivity index (χ0v) is 12.2. The Morgan fingerprint density at radius 2 is 1.85 bits per heavy atom. The monoisotopic (exact) mass is 281 g/mol. The van der Waals surface area contributed by atoms with Crippen LogP contribution in [0.2, 0.25) is 0 Å². The summed E-state index contributed by atoms with van der Waals surface area (Å²) in [6, 6.07) is 7.59. The molecule has 1 rings (SSSR count). The van der Waals surface area contributed by atoms with Gasteiger partial charge in [-0.2, -0.15) is 0 Å². The standard InChI is InChI=1S/C15H23NO4/c1-3-19-13-7-4-5-8-14(13)20-12-11-16(2)10-6-9-15(17)18/h4-5,7-8H,3,6,9-12H2,1-2H3,(H,17,18). The highest BCUT2D eigenvalue weighted by molar-refractivity contribution is 5.66. The van der Waals surface area contributed by atoms with Crippen LogP contribution in [0.1, 0.15) is 19.8 Å². The summed E-state index contributed by atoms with van der Waals surface area (Å²) in [5, 5.41) is 8.58. The van der Waals surface area contributed by atoms with E-state index in [0.717, 1.165) is 24.6 Å². The highest BCUT2D eigenvalue weighted by Crippen LogP contribution is 2.26. The number of nitrogens with zero attached hydrogens (tertiary/aromatic N) is 1. The average molecular weight is 281 g/mol. The second-order valence-electron chi connectivity index (χ2n) is 4.53. The first-order valence-electron chi connectivity index (χ1n) is 6.88. The molecule has 0 spiro atoms. The lowest BCUT2D eigenvalue weighted by molar-refractivity contribution is -0.137. The number of benzene rings is 1. The fourth-order valence-corrected chi connectivity index (χ4v) is 1.77. The van der Waals surface area contributed by atoms with Crippen LogP contribution in [0.4, 0.5) is 0 Å². The van der Waals surface area contributed by atoms with Gasteiger partial charge in [-0.3, -0.25) is 4.79 Å². The number of likely N-dealkylation sites (N-methyl/N-ethyl adjacent to an activating group) is 1. The minimum atomic E-state index is -0.750. The van der Waals surface area contributed by atoms with E-state index in [1.165, 1.54) is 0 Å². The van der Waals surface area contributed by atoms with Crippen molar-refractivity contribution in [3.63, 3.8) is 0 Å². The van der Waals surface area contributed by atoms with E-state index >= 15 is 0 Å². The van der Waals surface area contributed by atoms with Gasteiger partial charge in [0.25, 0.3) is 0 Å². The minimum Gasteiger partial charge on any atom is -0.490 e. The van der Waals surface area contributed by atoms with Gasteiger partial charge in [-0.15, -0.1) is 0 Å². The molecule has 0 radical (unpaired) electrons. The van der Waals surface area contributed by atoms with Gasteiger partial charge in [0.15, 0.2) is 11.5 Å². The van der Waals surface area contributed by atoms with Crippen molar-refractivity contribution in [2.45, 2.75) is 19.8 Å². The van der Waals surface area contributed by atoms with Crippen molar-refractivity contribution in [3.05, 3.63) is 24.3 Å². The largest absolute Gasteiger partial charge is 0.490 e. The molecule has 1 N–H and O–H groups in total. The molecule has 0 aliphatic carbocycles. The predicted octanol–water partition coefficient (Wildman–Crippen LogP) is 2.26. The first kappa shape index (κ1) is 16.3. The summed E-state index contributed by atoms with van der Waals surface area (Å²) in [5.41, 5.74) is 0. The first-order chi connectivity index (χ1) is 9.63. The van der Waals surface area contributed by atoms with Gasteiger partial charge in [-0.25, -0.2) is 0 Å². The summed E-state index contributed by atoms with van der Waals surface area (Å²) in [5.74, 6) is 0.747. The lowest BCUT2D eigenvalue weighted by Gasteiger charge is -2.17. The Bertz CT molecular complexity index is 409. The maximum atomic E-state index is 10.4. The van der Waals surface area contributed by atoms with E-state index in [2.05, 4.69) is 4.90 Å². The Hall–Kier alpha value is -1.75. The summed E-state index contributed by atoms with van der Waals surface area (Å²) in [4.78, 5) is 12.5.